The van der Waals surface area contributed by atoms with Crippen LogP contribution in [0.5, 0.6) is 0 Å². The Morgan fingerprint density at radius 1 is 1.27 bits per heavy atom. The van der Waals surface area contributed by atoms with Crippen LogP contribution in [0.3, 0.4) is 0 Å². The zero-order valence-electron chi connectivity index (χ0n) is 6.70. The molecule has 0 radical (unpaired) electrons. The Labute approximate surface area is 73.1 Å². The molecule has 11 heavy (non-hydrogen) atoms. The van der Waals surface area contributed by atoms with Crippen molar-refractivity contribution >= 4 is 12.6 Å². The third-order valence-electron chi connectivity index (χ3n) is 1.03. The predicted octanol–water partition coefficient (Wildman–Crippen LogP) is 2.81. The van der Waals surface area contributed by atoms with Crippen LogP contribution in [0.2, 0.25) is 0 Å². The van der Waals surface area contributed by atoms with Crippen molar-refractivity contribution in [1.82, 2.24) is 0 Å². The molecule has 2 heteroatoms. The van der Waals surface area contributed by atoms with Gasteiger partial charge in [-0.3, -0.25) is 0 Å². The number of benzene rings is 1. The molecule has 0 bridgehead atoms. The predicted molar refractivity (Wildman–Crippen MR) is 49.7 cm³/mol. The van der Waals surface area contributed by atoms with E-state index < -0.39 is 0 Å². The molecule has 1 aromatic rings. The quantitative estimate of drug-likeness (QED) is 0.587. The lowest BCUT2D eigenvalue weighted by atomic mass is 10.2. The summed E-state index contributed by atoms with van der Waals surface area (Å²) in [5, 5.41) is 7.32. The van der Waals surface area contributed by atoms with Crippen molar-refractivity contribution in [2.24, 2.45) is 0 Å². The van der Waals surface area contributed by atoms with E-state index in [0.717, 1.165) is 4.90 Å². The minimum absolute atomic E-state index is 1.02. The van der Waals surface area contributed by atoms with Crippen molar-refractivity contribution in [2.75, 3.05) is 0 Å². The van der Waals surface area contributed by atoms with Gasteiger partial charge in [-0.2, -0.15) is 5.26 Å². The first-order valence-corrected chi connectivity index (χ1v) is 3.72. The maximum atomic E-state index is 7.32. The largest absolute Gasteiger partial charge is 0.199 e. The van der Waals surface area contributed by atoms with Gasteiger partial charge in [0.15, 0.2) is 0 Å². The summed E-state index contributed by atoms with van der Waals surface area (Å²) >= 11 is 4.13. The van der Waals surface area contributed by atoms with E-state index >= 15 is 0 Å². The van der Waals surface area contributed by atoms with Gasteiger partial charge in [-0.05, 0) is 19.1 Å². The first kappa shape index (κ1) is 10.1. The van der Waals surface area contributed by atoms with Gasteiger partial charge in [0.2, 0.25) is 0 Å². The molecule has 0 unspecified atom stereocenters. The van der Waals surface area contributed by atoms with E-state index in [1.54, 1.807) is 6.07 Å². The second kappa shape index (κ2) is 5.82. The Hall–Kier alpha value is -0.940. The molecule has 1 rings (SSSR count). The van der Waals surface area contributed by atoms with Crippen LogP contribution in [-0.4, -0.2) is 0 Å². The van der Waals surface area contributed by atoms with E-state index in [1.165, 1.54) is 12.5 Å². The molecule has 0 amide bonds. The van der Waals surface area contributed by atoms with Gasteiger partial charge in [0.1, 0.15) is 0 Å². The van der Waals surface area contributed by atoms with E-state index in [1.807, 2.05) is 24.3 Å². The molecule has 0 aliphatic rings. The van der Waals surface area contributed by atoms with Crippen molar-refractivity contribution in [3.63, 3.8) is 0 Å². The molecular weight excluding hydrogens is 154 g/mol. The average Bonchev–Trinajstić information content (AvgIpc) is 1.97. The smallest absolute Gasteiger partial charge is 0.0587 e. The number of nitrogens with zero attached hydrogens (tertiary/aromatic N) is 1. The maximum absolute atomic E-state index is 7.32. The standard InChI is InChI=1S/C7H8S.C2H3N/c1-6-2-4-7(8)5-3-6;1-2-3/h2-5,8H,1H3;1H3. The van der Waals surface area contributed by atoms with E-state index in [-0.39, 0.29) is 0 Å². The number of rotatable bonds is 0. The zero-order valence-corrected chi connectivity index (χ0v) is 7.60. The van der Waals surface area contributed by atoms with Gasteiger partial charge < -0.3 is 0 Å². The Balaban J connectivity index is 0.000000292. The normalized spacial score (nSPS) is 7.45. The highest BCUT2D eigenvalue weighted by Crippen LogP contribution is 2.05. The lowest BCUT2D eigenvalue weighted by molar-refractivity contribution is 1.39. The third kappa shape index (κ3) is 5.50. The van der Waals surface area contributed by atoms with Gasteiger partial charge >= 0.3 is 0 Å². The van der Waals surface area contributed by atoms with Gasteiger partial charge in [0.25, 0.3) is 0 Å². The lowest BCUT2D eigenvalue weighted by Gasteiger charge is -1.89. The van der Waals surface area contributed by atoms with Crippen LogP contribution >= 0.6 is 12.6 Å². The summed E-state index contributed by atoms with van der Waals surface area (Å²) < 4.78 is 0. The highest BCUT2D eigenvalue weighted by atomic mass is 32.1. The van der Waals surface area contributed by atoms with Crippen LogP contribution in [0.4, 0.5) is 0 Å². The minimum Gasteiger partial charge on any atom is -0.199 e. The van der Waals surface area contributed by atoms with Gasteiger partial charge in [0, 0.05) is 11.8 Å². The van der Waals surface area contributed by atoms with E-state index in [9.17, 15) is 0 Å². The SMILES string of the molecule is CC#N.Cc1ccc(S)cc1. The van der Waals surface area contributed by atoms with Crippen LogP contribution < -0.4 is 0 Å². The fraction of sp³-hybridized carbons (Fsp3) is 0.222. The summed E-state index contributed by atoms with van der Waals surface area (Å²) in [5.74, 6) is 0. The topological polar surface area (TPSA) is 23.8 Å². The fourth-order valence-electron chi connectivity index (χ4n) is 0.545. The fourth-order valence-corrected chi connectivity index (χ4v) is 0.694. The molecule has 0 fully saturated rings. The Kier molecular flexibility index (Phi) is 5.32. The monoisotopic (exact) mass is 165 g/mol. The molecule has 0 spiro atoms. The first-order valence-electron chi connectivity index (χ1n) is 3.27. The van der Waals surface area contributed by atoms with Gasteiger partial charge in [-0.1, -0.05) is 17.7 Å². The number of aryl methyl sites for hydroxylation is 1. The second-order valence-electron chi connectivity index (χ2n) is 2.06. The third-order valence-corrected chi connectivity index (χ3v) is 1.33. The summed E-state index contributed by atoms with van der Waals surface area (Å²) in [7, 11) is 0. The van der Waals surface area contributed by atoms with Crippen LogP contribution in [0.15, 0.2) is 29.2 Å². The van der Waals surface area contributed by atoms with Crippen molar-refractivity contribution < 1.29 is 0 Å². The summed E-state index contributed by atoms with van der Waals surface area (Å²) in [6.07, 6.45) is 0. The van der Waals surface area contributed by atoms with Crippen molar-refractivity contribution in [3.8, 4) is 6.07 Å². The molecule has 0 aliphatic carbocycles. The molecule has 0 aromatic heterocycles. The number of thiol groups is 1. The Morgan fingerprint density at radius 2 is 1.64 bits per heavy atom. The molecule has 1 nitrogen and oxygen atoms in total. The van der Waals surface area contributed by atoms with Gasteiger partial charge in [-0.15, -0.1) is 12.6 Å². The first-order chi connectivity index (χ1) is 5.20. The van der Waals surface area contributed by atoms with Crippen molar-refractivity contribution in [1.29, 1.82) is 5.26 Å². The van der Waals surface area contributed by atoms with Crippen molar-refractivity contribution in [2.45, 2.75) is 18.7 Å². The number of nitriles is 1. The molecule has 0 atom stereocenters. The Bertz CT molecular complexity index is 212. The highest BCUT2D eigenvalue weighted by molar-refractivity contribution is 7.80. The summed E-state index contributed by atoms with van der Waals surface area (Å²) in [6.45, 7) is 3.49. The number of hydrogen-bond acceptors (Lipinski definition) is 2. The molecule has 0 saturated heterocycles. The van der Waals surface area contributed by atoms with E-state index in [4.69, 9.17) is 5.26 Å². The minimum atomic E-state index is 1.02. The van der Waals surface area contributed by atoms with Crippen LogP contribution in [-0.2, 0) is 0 Å². The summed E-state index contributed by atoms with van der Waals surface area (Å²) in [4.78, 5) is 1.02. The van der Waals surface area contributed by atoms with Gasteiger partial charge in [-0.25, -0.2) is 0 Å². The summed E-state index contributed by atoms with van der Waals surface area (Å²) in [6, 6.07) is 9.81. The van der Waals surface area contributed by atoms with Crippen LogP contribution in [0, 0.1) is 18.3 Å². The lowest BCUT2D eigenvalue weighted by Crippen LogP contribution is -1.67. The van der Waals surface area contributed by atoms with Crippen LogP contribution in [0.1, 0.15) is 12.5 Å². The number of hydrogen-bond donors (Lipinski definition) is 1. The zero-order chi connectivity index (χ0) is 8.69. The van der Waals surface area contributed by atoms with E-state index in [0.29, 0.717) is 0 Å². The molecular formula is C9H11NS. The highest BCUT2D eigenvalue weighted by Gasteiger charge is 1.80. The molecule has 58 valence electrons. The molecule has 0 heterocycles. The maximum Gasteiger partial charge on any atom is 0.0587 e. The van der Waals surface area contributed by atoms with E-state index in [2.05, 4.69) is 19.6 Å². The summed E-state index contributed by atoms with van der Waals surface area (Å²) in [5.41, 5.74) is 1.28. The second-order valence-corrected chi connectivity index (χ2v) is 2.58. The Morgan fingerprint density at radius 3 is 1.91 bits per heavy atom. The molecule has 0 N–H and O–H groups in total. The van der Waals surface area contributed by atoms with Gasteiger partial charge in [0.05, 0.1) is 6.07 Å². The van der Waals surface area contributed by atoms with Crippen molar-refractivity contribution in [3.05, 3.63) is 29.8 Å². The molecule has 0 aliphatic heterocycles. The molecule has 0 saturated carbocycles. The molecule has 1 aromatic carbocycles. The average molecular weight is 165 g/mol. The van der Waals surface area contributed by atoms with Crippen LogP contribution in [0.25, 0.3) is 0 Å².